The average Bonchev–Trinajstić information content (AvgIpc) is 2.41. The highest BCUT2D eigenvalue weighted by Gasteiger charge is 2.33. The van der Waals surface area contributed by atoms with E-state index in [4.69, 9.17) is 0 Å². The molecule has 2 N–H and O–H groups in total. The third kappa shape index (κ3) is 3.09. The number of imide groups is 1. The van der Waals surface area contributed by atoms with E-state index < -0.39 is 17.9 Å². The van der Waals surface area contributed by atoms with Gasteiger partial charge in [0.25, 0.3) is 0 Å². The number of hydrogen-bond donors (Lipinski definition) is 2. The van der Waals surface area contributed by atoms with Crippen molar-refractivity contribution in [1.29, 1.82) is 0 Å². The fourth-order valence-electron chi connectivity index (χ4n) is 1.85. The van der Waals surface area contributed by atoms with E-state index >= 15 is 0 Å². The maximum absolute atomic E-state index is 12.0. The molecule has 0 aromatic heterocycles. The zero-order valence-corrected chi connectivity index (χ0v) is 10.6. The number of para-hydroxylation sites is 1. The van der Waals surface area contributed by atoms with Crippen LogP contribution in [0.5, 0.6) is 0 Å². The highest BCUT2D eigenvalue weighted by molar-refractivity contribution is 6.04. The smallest absolute Gasteiger partial charge is 0.249 e. The van der Waals surface area contributed by atoms with E-state index in [0.717, 1.165) is 5.69 Å². The molecule has 1 unspecified atom stereocenters. The summed E-state index contributed by atoms with van der Waals surface area (Å²) in [4.78, 5) is 36.0. The first-order valence-electron chi connectivity index (χ1n) is 6.00. The summed E-state index contributed by atoms with van der Waals surface area (Å²) in [5.41, 5.74) is 0.816. The quantitative estimate of drug-likeness (QED) is 0.749. The van der Waals surface area contributed by atoms with Crippen molar-refractivity contribution in [3.63, 3.8) is 0 Å². The molecule has 1 heterocycles. The average molecular weight is 261 g/mol. The lowest BCUT2D eigenvalue weighted by Gasteiger charge is -2.31. The van der Waals surface area contributed by atoms with Crippen LogP contribution >= 0.6 is 0 Å². The first-order valence-corrected chi connectivity index (χ1v) is 6.00. The van der Waals surface area contributed by atoms with Gasteiger partial charge in [-0.1, -0.05) is 18.2 Å². The molecule has 1 fully saturated rings. The fraction of sp³-hybridized carbons (Fsp3) is 0.308. The Balaban J connectivity index is 1.95. The van der Waals surface area contributed by atoms with Gasteiger partial charge < -0.3 is 10.2 Å². The highest BCUT2D eigenvalue weighted by atomic mass is 16.2. The molecule has 1 atom stereocenters. The van der Waals surface area contributed by atoms with Gasteiger partial charge in [-0.05, 0) is 19.1 Å². The highest BCUT2D eigenvalue weighted by Crippen LogP contribution is 2.08. The molecule has 0 radical (unpaired) electrons. The van der Waals surface area contributed by atoms with E-state index in [1.54, 1.807) is 6.92 Å². The van der Waals surface area contributed by atoms with Gasteiger partial charge in [0.1, 0.15) is 12.6 Å². The van der Waals surface area contributed by atoms with E-state index in [1.165, 1.54) is 4.90 Å². The van der Waals surface area contributed by atoms with Crippen LogP contribution in [0.25, 0.3) is 0 Å². The molecule has 0 saturated carbocycles. The Morgan fingerprint density at radius 1 is 1.37 bits per heavy atom. The number of carbonyl (C=O) groups excluding carboxylic acids is 3. The lowest BCUT2D eigenvalue weighted by Crippen LogP contribution is -2.59. The monoisotopic (exact) mass is 261 g/mol. The van der Waals surface area contributed by atoms with Crippen LogP contribution in [0.4, 0.5) is 5.69 Å². The van der Waals surface area contributed by atoms with E-state index in [-0.39, 0.29) is 19.0 Å². The van der Waals surface area contributed by atoms with Gasteiger partial charge >= 0.3 is 0 Å². The number of amides is 3. The second kappa shape index (κ2) is 5.51. The third-order valence-electron chi connectivity index (χ3n) is 2.96. The number of carbonyl (C=O) groups is 3. The summed E-state index contributed by atoms with van der Waals surface area (Å²) in [6, 6.07) is 8.64. The fourth-order valence-corrected chi connectivity index (χ4v) is 1.85. The molecule has 3 amide bonds. The molecule has 19 heavy (non-hydrogen) atoms. The Labute approximate surface area is 110 Å². The maximum atomic E-state index is 12.0. The van der Waals surface area contributed by atoms with E-state index in [0.29, 0.717) is 0 Å². The van der Waals surface area contributed by atoms with Crippen LogP contribution in [0.1, 0.15) is 6.92 Å². The molecule has 1 aliphatic rings. The van der Waals surface area contributed by atoms with Gasteiger partial charge in [-0.25, -0.2) is 0 Å². The summed E-state index contributed by atoms with van der Waals surface area (Å²) in [7, 11) is 0. The molecule has 1 aromatic carbocycles. The van der Waals surface area contributed by atoms with Gasteiger partial charge in [-0.2, -0.15) is 0 Å². The van der Waals surface area contributed by atoms with Gasteiger partial charge in [0.05, 0.1) is 6.54 Å². The summed E-state index contributed by atoms with van der Waals surface area (Å²) >= 11 is 0. The zero-order valence-electron chi connectivity index (χ0n) is 10.6. The van der Waals surface area contributed by atoms with Crippen molar-refractivity contribution in [2.75, 3.05) is 18.4 Å². The summed E-state index contributed by atoms with van der Waals surface area (Å²) in [6.45, 7) is 1.57. The predicted octanol–water partition coefficient (Wildman–Crippen LogP) is -0.0280. The molecule has 1 aliphatic heterocycles. The SMILES string of the molecule is CC1C(=O)NC(=O)CN1C(=O)CNc1ccccc1. The molecule has 0 spiro atoms. The molecule has 0 bridgehead atoms. The summed E-state index contributed by atoms with van der Waals surface area (Å²) < 4.78 is 0. The first kappa shape index (κ1) is 13.1. The van der Waals surface area contributed by atoms with Crippen molar-refractivity contribution < 1.29 is 14.4 Å². The maximum Gasteiger partial charge on any atom is 0.249 e. The summed E-state index contributed by atoms with van der Waals surface area (Å²) in [5.74, 6) is -1.17. The number of rotatable bonds is 3. The minimum Gasteiger partial charge on any atom is -0.376 e. The molecular formula is C13H15N3O3. The van der Waals surface area contributed by atoms with Gasteiger partial charge in [0.15, 0.2) is 0 Å². The van der Waals surface area contributed by atoms with Gasteiger partial charge in [0, 0.05) is 5.69 Å². The topological polar surface area (TPSA) is 78.5 Å². The van der Waals surface area contributed by atoms with Crippen molar-refractivity contribution in [2.45, 2.75) is 13.0 Å². The Morgan fingerprint density at radius 2 is 2.05 bits per heavy atom. The van der Waals surface area contributed by atoms with Crippen molar-refractivity contribution >= 4 is 23.4 Å². The molecule has 100 valence electrons. The molecule has 1 saturated heterocycles. The van der Waals surface area contributed by atoms with Gasteiger partial charge in [-0.3, -0.25) is 19.7 Å². The number of anilines is 1. The number of benzene rings is 1. The Bertz CT molecular complexity index is 501. The number of nitrogens with zero attached hydrogens (tertiary/aromatic N) is 1. The van der Waals surface area contributed by atoms with Crippen LogP contribution in [0.15, 0.2) is 30.3 Å². The first-order chi connectivity index (χ1) is 9.08. The Hall–Kier alpha value is -2.37. The van der Waals surface area contributed by atoms with E-state index in [9.17, 15) is 14.4 Å². The Kier molecular flexibility index (Phi) is 3.79. The Morgan fingerprint density at radius 3 is 2.74 bits per heavy atom. The van der Waals surface area contributed by atoms with Crippen LogP contribution in [0, 0.1) is 0 Å². The van der Waals surface area contributed by atoms with Crippen molar-refractivity contribution in [1.82, 2.24) is 10.2 Å². The molecule has 2 rings (SSSR count). The van der Waals surface area contributed by atoms with Crippen LogP contribution in [-0.2, 0) is 14.4 Å². The standard InChI is InChI=1S/C13H15N3O3/c1-9-13(19)15-11(17)8-16(9)12(18)7-14-10-5-3-2-4-6-10/h2-6,9,14H,7-8H2,1H3,(H,15,17,19). The molecular weight excluding hydrogens is 246 g/mol. The second-order valence-corrected chi connectivity index (χ2v) is 4.33. The van der Waals surface area contributed by atoms with Crippen LogP contribution in [0.2, 0.25) is 0 Å². The van der Waals surface area contributed by atoms with E-state index in [1.807, 2.05) is 30.3 Å². The minimum absolute atomic E-state index is 0.0505. The predicted molar refractivity (Wildman–Crippen MR) is 69.3 cm³/mol. The van der Waals surface area contributed by atoms with Crippen LogP contribution in [-0.4, -0.2) is 41.8 Å². The molecule has 6 nitrogen and oxygen atoms in total. The number of hydrogen-bond acceptors (Lipinski definition) is 4. The third-order valence-corrected chi connectivity index (χ3v) is 2.96. The second-order valence-electron chi connectivity index (χ2n) is 4.33. The van der Waals surface area contributed by atoms with Crippen LogP contribution in [0.3, 0.4) is 0 Å². The molecule has 1 aromatic rings. The lowest BCUT2D eigenvalue weighted by molar-refractivity contribution is -0.148. The number of nitrogens with one attached hydrogen (secondary N) is 2. The van der Waals surface area contributed by atoms with Gasteiger partial charge in [-0.15, -0.1) is 0 Å². The lowest BCUT2D eigenvalue weighted by atomic mass is 10.2. The zero-order chi connectivity index (χ0) is 13.8. The summed E-state index contributed by atoms with van der Waals surface area (Å²) in [6.07, 6.45) is 0. The largest absolute Gasteiger partial charge is 0.376 e. The van der Waals surface area contributed by atoms with E-state index in [2.05, 4.69) is 10.6 Å². The minimum atomic E-state index is -0.622. The van der Waals surface area contributed by atoms with Crippen LogP contribution < -0.4 is 10.6 Å². The van der Waals surface area contributed by atoms with Crippen molar-refractivity contribution in [2.24, 2.45) is 0 Å². The van der Waals surface area contributed by atoms with Crippen molar-refractivity contribution in [3.05, 3.63) is 30.3 Å². The molecule has 6 heteroatoms. The molecule has 0 aliphatic carbocycles. The van der Waals surface area contributed by atoms with Gasteiger partial charge in [0.2, 0.25) is 17.7 Å². The van der Waals surface area contributed by atoms with Crippen molar-refractivity contribution in [3.8, 4) is 0 Å². The normalized spacial score (nSPS) is 19.0. The number of piperazine rings is 1. The summed E-state index contributed by atoms with van der Waals surface area (Å²) in [5, 5.41) is 5.15.